The van der Waals surface area contributed by atoms with Gasteiger partial charge in [-0.3, -0.25) is 4.79 Å². The van der Waals surface area contributed by atoms with Gasteiger partial charge in [-0.1, -0.05) is 0 Å². The summed E-state index contributed by atoms with van der Waals surface area (Å²) in [5.41, 5.74) is 5.88. The van der Waals surface area contributed by atoms with Gasteiger partial charge in [-0.25, -0.2) is 18.7 Å². The third-order valence-electron chi connectivity index (χ3n) is 6.73. The lowest BCUT2D eigenvalue weighted by atomic mass is 10.1. The first kappa shape index (κ1) is 24.1. The maximum atomic E-state index is 13.5. The Morgan fingerprint density at radius 3 is 1.83 bits per heavy atom. The quantitative estimate of drug-likeness (QED) is 0.352. The topological polar surface area (TPSA) is 72.9 Å². The number of aliphatic hydroxyl groups excluding tert-OH is 1. The van der Waals surface area contributed by atoms with Crippen LogP contribution in [0.15, 0.2) is 49.3 Å². The summed E-state index contributed by atoms with van der Waals surface area (Å²) in [4.78, 5) is 19.5. The Balaban J connectivity index is 0.000000148. The molecule has 0 atom stereocenters. The second-order valence-corrected chi connectivity index (χ2v) is 9.63. The Kier molecular flexibility index (Phi) is 6.53. The molecule has 0 aliphatic heterocycles. The van der Waals surface area contributed by atoms with Crippen LogP contribution in [-0.4, -0.2) is 30.5 Å². The highest BCUT2D eigenvalue weighted by Gasteiger charge is 2.26. The SMILES string of the molecule is Cc1cc(F)c(C=O)cc1-n1cnc(C2CC2)c1.Cc1cc(F)c(CO)cc1-n1cnc(C2CC2)c1. The van der Waals surface area contributed by atoms with E-state index in [0.29, 0.717) is 23.7 Å². The normalized spacial score (nSPS) is 14.9. The molecular formula is C28H28F2N4O2. The summed E-state index contributed by atoms with van der Waals surface area (Å²) in [7, 11) is 0. The van der Waals surface area contributed by atoms with Crippen LogP contribution in [0.4, 0.5) is 8.78 Å². The molecule has 0 saturated heterocycles. The summed E-state index contributed by atoms with van der Waals surface area (Å²) in [6.07, 6.45) is 12.8. The highest BCUT2D eigenvalue weighted by molar-refractivity contribution is 5.77. The van der Waals surface area contributed by atoms with Crippen molar-refractivity contribution < 1.29 is 18.7 Å². The highest BCUT2D eigenvalue weighted by atomic mass is 19.1. The maximum absolute atomic E-state index is 13.5. The van der Waals surface area contributed by atoms with Gasteiger partial charge in [0.05, 0.1) is 41.9 Å². The van der Waals surface area contributed by atoms with Crippen LogP contribution in [0.5, 0.6) is 0 Å². The first-order valence-corrected chi connectivity index (χ1v) is 12.1. The van der Waals surface area contributed by atoms with Gasteiger partial charge in [0.2, 0.25) is 0 Å². The smallest absolute Gasteiger partial charge is 0.153 e. The summed E-state index contributed by atoms with van der Waals surface area (Å²) >= 11 is 0. The van der Waals surface area contributed by atoms with Crippen molar-refractivity contribution in [1.82, 2.24) is 19.1 Å². The third-order valence-corrected chi connectivity index (χ3v) is 6.73. The van der Waals surface area contributed by atoms with Gasteiger partial charge in [-0.2, -0.15) is 0 Å². The second kappa shape index (κ2) is 9.78. The van der Waals surface area contributed by atoms with Gasteiger partial charge in [0.15, 0.2) is 6.29 Å². The largest absolute Gasteiger partial charge is 0.392 e. The minimum Gasteiger partial charge on any atom is -0.392 e. The average Bonchev–Trinajstić information content (AvgIpc) is 3.80. The number of halogens is 2. The molecule has 0 radical (unpaired) electrons. The molecule has 0 amide bonds. The number of rotatable bonds is 6. The minimum absolute atomic E-state index is 0.0808. The summed E-state index contributed by atoms with van der Waals surface area (Å²) < 4.78 is 30.7. The lowest BCUT2D eigenvalue weighted by Gasteiger charge is -2.09. The van der Waals surface area contributed by atoms with Gasteiger partial charge >= 0.3 is 0 Å². The van der Waals surface area contributed by atoms with Crippen LogP contribution in [0.1, 0.15) is 76.0 Å². The zero-order valence-electron chi connectivity index (χ0n) is 20.3. The van der Waals surface area contributed by atoms with Crippen molar-refractivity contribution in [2.75, 3.05) is 0 Å². The molecular weight excluding hydrogens is 462 g/mol. The van der Waals surface area contributed by atoms with Crippen LogP contribution in [0, 0.1) is 25.5 Å². The van der Waals surface area contributed by atoms with Gasteiger partial charge in [0.25, 0.3) is 0 Å². The predicted molar refractivity (Wildman–Crippen MR) is 132 cm³/mol. The fourth-order valence-corrected chi connectivity index (χ4v) is 4.27. The van der Waals surface area contributed by atoms with Crippen molar-refractivity contribution in [2.45, 2.75) is 58.0 Å². The van der Waals surface area contributed by atoms with E-state index in [9.17, 15) is 13.6 Å². The predicted octanol–water partition coefficient (Wildman–Crippen LogP) is 5.70. The summed E-state index contributed by atoms with van der Waals surface area (Å²) in [5.74, 6) is 0.344. The average molecular weight is 491 g/mol. The van der Waals surface area contributed by atoms with Crippen molar-refractivity contribution in [2.24, 2.45) is 0 Å². The van der Waals surface area contributed by atoms with Crippen LogP contribution < -0.4 is 0 Å². The van der Waals surface area contributed by atoms with Crippen molar-refractivity contribution in [3.05, 3.63) is 94.6 Å². The number of imidazole rings is 2. The van der Waals surface area contributed by atoms with Gasteiger partial charge in [0.1, 0.15) is 11.6 Å². The molecule has 186 valence electrons. The van der Waals surface area contributed by atoms with Gasteiger partial charge < -0.3 is 14.2 Å². The number of nitrogens with zero attached hydrogens (tertiary/aromatic N) is 4. The van der Waals surface area contributed by atoms with Crippen LogP contribution in [0.25, 0.3) is 11.4 Å². The van der Waals surface area contributed by atoms with E-state index in [1.165, 1.54) is 37.8 Å². The van der Waals surface area contributed by atoms with Crippen molar-refractivity contribution in [1.29, 1.82) is 0 Å². The lowest BCUT2D eigenvalue weighted by Crippen LogP contribution is -1.99. The van der Waals surface area contributed by atoms with Crippen LogP contribution in [0.2, 0.25) is 0 Å². The first-order valence-electron chi connectivity index (χ1n) is 12.1. The van der Waals surface area contributed by atoms with E-state index < -0.39 is 5.82 Å². The number of carbonyl (C=O) groups is 1. The molecule has 2 aliphatic rings. The number of aldehydes is 1. The van der Waals surface area contributed by atoms with E-state index in [2.05, 4.69) is 9.97 Å². The number of aliphatic hydroxyl groups is 1. The molecule has 2 heterocycles. The van der Waals surface area contributed by atoms with E-state index in [0.717, 1.165) is 33.9 Å². The van der Waals surface area contributed by atoms with Crippen LogP contribution in [0.3, 0.4) is 0 Å². The molecule has 2 aliphatic carbocycles. The molecule has 4 aromatic rings. The van der Waals surface area contributed by atoms with E-state index >= 15 is 0 Å². The summed E-state index contributed by atoms with van der Waals surface area (Å²) in [6.45, 7) is 3.39. The van der Waals surface area contributed by atoms with Crippen molar-refractivity contribution >= 4 is 6.29 Å². The monoisotopic (exact) mass is 490 g/mol. The molecule has 2 saturated carbocycles. The minimum atomic E-state index is -0.478. The Morgan fingerprint density at radius 2 is 1.36 bits per heavy atom. The fourth-order valence-electron chi connectivity index (χ4n) is 4.27. The fraction of sp³-hybridized carbons (Fsp3) is 0.321. The summed E-state index contributed by atoms with van der Waals surface area (Å²) in [6, 6.07) is 6.09. The number of carbonyl (C=O) groups excluding carboxylic acids is 1. The zero-order valence-corrected chi connectivity index (χ0v) is 20.3. The summed E-state index contributed by atoms with van der Waals surface area (Å²) in [5, 5.41) is 9.12. The molecule has 8 heteroatoms. The number of benzene rings is 2. The van der Waals surface area contributed by atoms with Gasteiger partial charge in [0, 0.05) is 35.5 Å². The van der Waals surface area contributed by atoms with Crippen molar-refractivity contribution in [3.63, 3.8) is 0 Å². The molecule has 2 aromatic carbocycles. The zero-order chi connectivity index (χ0) is 25.4. The Hall–Kier alpha value is -3.65. The first-order chi connectivity index (χ1) is 17.4. The van der Waals surface area contributed by atoms with Crippen LogP contribution >= 0.6 is 0 Å². The molecule has 6 nitrogen and oxygen atoms in total. The molecule has 36 heavy (non-hydrogen) atoms. The second-order valence-electron chi connectivity index (χ2n) is 9.63. The molecule has 0 bridgehead atoms. The molecule has 0 spiro atoms. The van der Waals surface area contributed by atoms with E-state index in [1.54, 1.807) is 24.8 Å². The van der Waals surface area contributed by atoms with Crippen molar-refractivity contribution in [3.8, 4) is 11.4 Å². The molecule has 2 aromatic heterocycles. The Morgan fingerprint density at radius 1 is 0.861 bits per heavy atom. The molecule has 1 N–H and O–H groups in total. The van der Waals surface area contributed by atoms with E-state index in [1.807, 2.05) is 35.4 Å². The standard InChI is InChI=1S/C14H15FN2O.C14H13FN2O/c2*1-9-4-12(15)11(7-18)5-14(9)17-6-13(16-8-17)10-2-3-10/h4-6,8,10,18H,2-3,7H2,1H3;4-8,10H,2-3H2,1H3. The van der Waals surface area contributed by atoms with Gasteiger partial charge in [-0.15, -0.1) is 0 Å². The number of aromatic nitrogens is 4. The van der Waals surface area contributed by atoms with Gasteiger partial charge in [-0.05, 0) is 74.9 Å². The number of hydrogen-bond donors (Lipinski definition) is 1. The van der Waals surface area contributed by atoms with Crippen LogP contribution in [-0.2, 0) is 6.61 Å². The molecule has 2 fully saturated rings. The lowest BCUT2D eigenvalue weighted by molar-refractivity contribution is 0.111. The Labute approximate surface area is 208 Å². The third kappa shape index (κ3) is 4.99. The highest BCUT2D eigenvalue weighted by Crippen LogP contribution is 2.40. The molecule has 6 rings (SSSR count). The van der Waals surface area contributed by atoms with E-state index in [4.69, 9.17) is 5.11 Å². The number of hydrogen-bond acceptors (Lipinski definition) is 4. The maximum Gasteiger partial charge on any atom is 0.153 e. The molecule has 0 unspecified atom stereocenters. The Bertz CT molecular complexity index is 1420. The number of aryl methyl sites for hydroxylation is 2. The van der Waals surface area contributed by atoms with E-state index in [-0.39, 0.29) is 18.0 Å².